The lowest BCUT2D eigenvalue weighted by molar-refractivity contribution is 0.461. The molecule has 0 aliphatic heterocycles. The summed E-state index contributed by atoms with van der Waals surface area (Å²) < 4.78 is 2.30. The zero-order valence-corrected chi connectivity index (χ0v) is 17.4. The molecule has 4 nitrogen and oxygen atoms in total. The maximum Gasteiger partial charge on any atom is 0.145 e. The SMILES string of the molecule is CCc1cnc2cc(CCC3CCC(n4ccc5c(Cl)ncnc54)C3)ccc2c1. The van der Waals surface area contributed by atoms with E-state index in [2.05, 4.69) is 56.9 Å². The van der Waals surface area contributed by atoms with Crippen LogP contribution in [0, 0.1) is 5.92 Å². The predicted molar refractivity (Wildman–Crippen MR) is 118 cm³/mol. The van der Waals surface area contributed by atoms with E-state index in [-0.39, 0.29) is 0 Å². The van der Waals surface area contributed by atoms with Crippen LogP contribution in [0.2, 0.25) is 5.15 Å². The van der Waals surface area contributed by atoms with Gasteiger partial charge in [0.25, 0.3) is 0 Å². The molecule has 4 aromatic rings. The standard InChI is InChI=1S/C24H25ClN4/c1-2-16-11-19-7-5-18(13-22(19)26-14-16)4-3-17-6-8-20(12-17)29-10-9-21-23(25)27-15-28-24(21)29/h5,7,9-11,13-15,17,20H,2-4,6,8,12H2,1H3. The lowest BCUT2D eigenvalue weighted by atomic mass is 9.97. The van der Waals surface area contributed by atoms with Gasteiger partial charge in [-0.1, -0.05) is 30.7 Å². The highest BCUT2D eigenvalue weighted by atomic mass is 35.5. The molecule has 0 amide bonds. The molecule has 5 heteroatoms. The average molecular weight is 405 g/mol. The Hall–Kier alpha value is -2.46. The fourth-order valence-electron chi connectivity index (χ4n) is 4.73. The van der Waals surface area contributed by atoms with Gasteiger partial charge < -0.3 is 4.57 Å². The van der Waals surface area contributed by atoms with Crippen LogP contribution in [0.3, 0.4) is 0 Å². The van der Waals surface area contributed by atoms with Gasteiger partial charge >= 0.3 is 0 Å². The quantitative estimate of drug-likeness (QED) is 0.373. The number of pyridine rings is 1. The summed E-state index contributed by atoms with van der Waals surface area (Å²) in [6, 6.07) is 11.6. The molecule has 1 saturated carbocycles. The fourth-order valence-corrected chi connectivity index (χ4v) is 4.92. The summed E-state index contributed by atoms with van der Waals surface area (Å²) in [6.45, 7) is 2.17. The van der Waals surface area contributed by atoms with Crippen molar-refractivity contribution in [3.05, 3.63) is 65.3 Å². The Morgan fingerprint density at radius 3 is 2.90 bits per heavy atom. The normalized spacial score (nSPS) is 19.4. The Bertz CT molecular complexity index is 1170. The number of halogens is 1. The molecule has 1 aromatic carbocycles. The van der Waals surface area contributed by atoms with Crippen LogP contribution < -0.4 is 0 Å². The van der Waals surface area contributed by atoms with E-state index in [1.54, 1.807) is 6.33 Å². The average Bonchev–Trinajstić information content (AvgIpc) is 3.39. The largest absolute Gasteiger partial charge is 0.329 e. The molecule has 1 aliphatic rings. The third-order valence-electron chi connectivity index (χ3n) is 6.42. The van der Waals surface area contributed by atoms with Gasteiger partial charge in [0.1, 0.15) is 17.1 Å². The Kier molecular flexibility index (Phi) is 4.96. The highest BCUT2D eigenvalue weighted by Gasteiger charge is 2.27. The number of hydrogen-bond acceptors (Lipinski definition) is 3. The third-order valence-corrected chi connectivity index (χ3v) is 6.72. The van der Waals surface area contributed by atoms with E-state index in [1.165, 1.54) is 42.2 Å². The van der Waals surface area contributed by atoms with Crippen LogP contribution in [0.5, 0.6) is 0 Å². The van der Waals surface area contributed by atoms with Gasteiger partial charge in [-0.3, -0.25) is 4.98 Å². The van der Waals surface area contributed by atoms with Gasteiger partial charge in [-0.15, -0.1) is 0 Å². The number of nitrogens with zero attached hydrogens (tertiary/aromatic N) is 4. The molecule has 3 aromatic heterocycles. The molecule has 2 unspecified atom stereocenters. The van der Waals surface area contributed by atoms with Crippen molar-refractivity contribution in [2.45, 2.75) is 51.5 Å². The molecule has 0 saturated heterocycles. The molecular weight excluding hydrogens is 380 g/mol. The Morgan fingerprint density at radius 1 is 1.07 bits per heavy atom. The topological polar surface area (TPSA) is 43.6 Å². The van der Waals surface area contributed by atoms with Crippen molar-refractivity contribution in [3.8, 4) is 0 Å². The van der Waals surface area contributed by atoms with Crippen molar-refractivity contribution < 1.29 is 0 Å². The minimum Gasteiger partial charge on any atom is -0.329 e. The highest BCUT2D eigenvalue weighted by molar-refractivity contribution is 6.33. The van der Waals surface area contributed by atoms with Gasteiger partial charge in [0.15, 0.2) is 0 Å². The van der Waals surface area contributed by atoms with Gasteiger partial charge in [0, 0.05) is 23.8 Å². The van der Waals surface area contributed by atoms with Crippen molar-refractivity contribution in [1.29, 1.82) is 0 Å². The van der Waals surface area contributed by atoms with Crippen LogP contribution in [0.4, 0.5) is 0 Å². The first-order valence-electron chi connectivity index (χ1n) is 10.6. The van der Waals surface area contributed by atoms with Gasteiger partial charge in [-0.05, 0) is 73.8 Å². The summed E-state index contributed by atoms with van der Waals surface area (Å²) in [5.41, 5.74) is 4.76. The zero-order chi connectivity index (χ0) is 19.8. The third kappa shape index (κ3) is 3.62. The number of hydrogen-bond donors (Lipinski definition) is 0. The Morgan fingerprint density at radius 2 is 2.00 bits per heavy atom. The molecule has 1 aliphatic carbocycles. The Labute approximate surface area is 176 Å². The van der Waals surface area contributed by atoms with E-state index >= 15 is 0 Å². The summed E-state index contributed by atoms with van der Waals surface area (Å²) >= 11 is 6.21. The molecule has 0 spiro atoms. The second-order valence-electron chi connectivity index (χ2n) is 8.22. The van der Waals surface area contributed by atoms with E-state index in [1.807, 2.05) is 12.3 Å². The molecule has 29 heavy (non-hydrogen) atoms. The molecule has 0 N–H and O–H groups in total. The van der Waals surface area contributed by atoms with E-state index in [0.717, 1.165) is 35.3 Å². The number of rotatable bonds is 5. The van der Waals surface area contributed by atoms with Crippen LogP contribution in [0.1, 0.15) is 49.8 Å². The summed E-state index contributed by atoms with van der Waals surface area (Å²) in [5, 5.41) is 2.74. The van der Waals surface area contributed by atoms with Gasteiger partial charge in [-0.2, -0.15) is 0 Å². The van der Waals surface area contributed by atoms with Crippen LogP contribution >= 0.6 is 11.6 Å². The second-order valence-corrected chi connectivity index (χ2v) is 8.58. The summed E-state index contributed by atoms with van der Waals surface area (Å²) in [4.78, 5) is 13.2. The summed E-state index contributed by atoms with van der Waals surface area (Å²) in [7, 11) is 0. The molecule has 2 atom stereocenters. The van der Waals surface area contributed by atoms with Gasteiger partial charge in [-0.25, -0.2) is 9.97 Å². The molecular formula is C24H25ClN4. The monoisotopic (exact) mass is 404 g/mol. The lowest BCUT2D eigenvalue weighted by Crippen LogP contribution is -2.06. The van der Waals surface area contributed by atoms with E-state index < -0.39 is 0 Å². The smallest absolute Gasteiger partial charge is 0.145 e. The number of fused-ring (bicyclic) bond motifs is 2. The maximum absolute atomic E-state index is 6.21. The fraction of sp³-hybridized carbons (Fsp3) is 0.375. The van der Waals surface area contributed by atoms with E-state index in [4.69, 9.17) is 11.6 Å². The molecule has 148 valence electrons. The van der Waals surface area contributed by atoms with Crippen molar-refractivity contribution in [2.75, 3.05) is 0 Å². The molecule has 0 radical (unpaired) electrons. The molecule has 3 heterocycles. The zero-order valence-electron chi connectivity index (χ0n) is 16.7. The first-order valence-corrected chi connectivity index (χ1v) is 10.9. The minimum absolute atomic E-state index is 0.509. The first-order chi connectivity index (χ1) is 14.2. The molecule has 5 rings (SSSR count). The van der Waals surface area contributed by atoms with Crippen molar-refractivity contribution in [3.63, 3.8) is 0 Å². The van der Waals surface area contributed by atoms with Crippen molar-refractivity contribution in [2.24, 2.45) is 5.92 Å². The summed E-state index contributed by atoms with van der Waals surface area (Å²) in [6.07, 6.45) is 12.7. The summed E-state index contributed by atoms with van der Waals surface area (Å²) in [5.74, 6) is 0.751. The van der Waals surface area contributed by atoms with Crippen molar-refractivity contribution >= 4 is 33.5 Å². The van der Waals surface area contributed by atoms with Crippen molar-refractivity contribution in [1.82, 2.24) is 19.5 Å². The molecule has 0 bridgehead atoms. The van der Waals surface area contributed by atoms with Crippen LogP contribution in [-0.4, -0.2) is 19.5 Å². The minimum atomic E-state index is 0.509. The second kappa shape index (κ2) is 7.75. The van der Waals surface area contributed by atoms with Crippen LogP contribution in [0.25, 0.3) is 21.9 Å². The van der Waals surface area contributed by atoms with E-state index in [0.29, 0.717) is 11.2 Å². The van der Waals surface area contributed by atoms with Gasteiger partial charge in [0.05, 0.1) is 10.9 Å². The van der Waals surface area contributed by atoms with Crippen LogP contribution in [-0.2, 0) is 12.8 Å². The van der Waals surface area contributed by atoms with E-state index in [9.17, 15) is 0 Å². The number of aromatic nitrogens is 4. The van der Waals surface area contributed by atoms with Crippen LogP contribution in [0.15, 0.2) is 49.1 Å². The number of aryl methyl sites for hydroxylation is 2. The maximum atomic E-state index is 6.21. The first kappa shape index (κ1) is 18.6. The molecule has 1 fully saturated rings. The Balaban J connectivity index is 1.25. The highest BCUT2D eigenvalue weighted by Crippen LogP contribution is 2.39. The predicted octanol–water partition coefficient (Wildman–Crippen LogP) is 6.17. The number of benzene rings is 1. The lowest BCUT2D eigenvalue weighted by Gasteiger charge is -2.14. The van der Waals surface area contributed by atoms with Gasteiger partial charge in [0.2, 0.25) is 0 Å².